The number of aliphatic hydroxyl groups is 3. The summed E-state index contributed by atoms with van der Waals surface area (Å²) in [7, 11) is 1.63. The summed E-state index contributed by atoms with van der Waals surface area (Å²) in [5.74, 6) is 1.21. The van der Waals surface area contributed by atoms with Crippen LogP contribution in [0.4, 0.5) is 0 Å². The highest BCUT2D eigenvalue weighted by molar-refractivity contribution is 6.31. The summed E-state index contributed by atoms with van der Waals surface area (Å²) in [6.45, 7) is 0. The molecule has 1 saturated heterocycles. The number of aliphatic hydroxyl groups excluding tert-OH is 3. The van der Waals surface area contributed by atoms with Crippen molar-refractivity contribution >= 4 is 11.6 Å². The third-order valence-corrected chi connectivity index (χ3v) is 6.38. The first-order chi connectivity index (χ1) is 14.5. The number of benzene rings is 2. The van der Waals surface area contributed by atoms with Gasteiger partial charge in [-0.25, -0.2) is 0 Å². The number of methoxy groups -OCH3 is 1. The van der Waals surface area contributed by atoms with E-state index in [1.807, 2.05) is 30.3 Å². The van der Waals surface area contributed by atoms with Crippen LogP contribution in [0.1, 0.15) is 48.5 Å². The Labute approximate surface area is 181 Å². The van der Waals surface area contributed by atoms with Crippen molar-refractivity contribution in [2.24, 2.45) is 0 Å². The quantitative estimate of drug-likeness (QED) is 0.685. The van der Waals surface area contributed by atoms with Crippen molar-refractivity contribution in [1.82, 2.24) is 0 Å². The van der Waals surface area contributed by atoms with Crippen LogP contribution in [0, 0.1) is 0 Å². The summed E-state index contributed by atoms with van der Waals surface area (Å²) in [5.41, 5.74) is 3.72. The number of rotatable bonds is 4. The van der Waals surface area contributed by atoms with Crippen LogP contribution in [-0.2, 0) is 11.2 Å². The first-order valence-electron chi connectivity index (χ1n) is 10.3. The van der Waals surface area contributed by atoms with Gasteiger partial charge in [0.1, 0.15) is 29.8 Å². The van der Waals surface area contributed by atoms with E-state index in [1.54, 1.807) is 19.2 Å². The van der Waals surface area contributed by atoms with Crippen LogP contribution in [0.2, 0.25) is 5.02 Å². The van der Waals surface area contributed by atoms with Gasteiger partial charge in [-0.3, -0.25) is 0 Å². The monoisotopic (exact) mass is 430 g/mol. The number of allylic oxidation sites excluding steroid dienone is 1. The van der Waals surface area contributed by atoms with Crippen molar-refractivity contribution in [2.45, 2.75) is 56.5 Å². The molecule has 2 aliphatic rings. The predicted molar refractivity (Wildman–Crippen MR) is 115 cm³/mol. The Morgan fingerprint density at radius 2 is 1.70 bits per heavy atom. The summed E-state index contributed by atoms with van der Waals surface area (Å²) in [6.07, 6.45) is -0.0898. The molecule has 1 aliphatic heterocycles. The van der Waals surface area contributed by atoms with Gasteiger partial charge < -0.3 is 24.8 Å². The van der Waals surface area contributed by atoms with E-state index in [2.05, 4.69) is 0 Å². The van der Waals surface area contributed by atoms with Gasteiger partial charge in [-0.05, 0) is 72.6 Å². The average molecular weight is 431 g/mol. The maximum atomic E-state index is 10.6. The highest BCUT2D eigenvalue weighted by Gasteiger charge is 2.43. The minimum Gasteiger partial charge on any atom is -0.497 e. The minimum absolute atomic E-state index is 0.418. The molecule has 160 valence electrons. The van der Waals surface area contributed by atoms with Crippen LogP contribution in [0.25, 0.3) is 0 Å². The molecule has 30 heavy (non-hydrogen) atoms. The van der Waals surface area contributed by atoms with E-state index in [4.69, 9.17) is 21.1 Å². The van der Waals surface area contributed by atoms with Crippen molar-refractivity contribution in [3.05, 3.63) is 75.5 Å². The molecular weight excluding hydrogens is 404 g/mol. The van der Waals surface area contributed by atoms with Crippen LogP contribution in [0.15, 0.2) is 53.8 Å². The van der Waals surface area contributed by atoms with Gasteiger partial charge in [0.15, 0.2) is 6.10 Å². The van der Waals surface area contributed by atoms with E-state index >= 15 is 0 Å². The lowest BCUT2D eigenvalue weighted by molar-refractivity contribution is -0.158. The molecule has 1 saturated carbocycles. The third kappa shape index (κ3) is 4.21. The zero-order valence-electron chi connectivity index (χ0n) is 16.9. The maximum Gasteiger partial charge on any atom is 0.152 e. The highest BCUT2D eigenvalue weighted by atomic mass is 35.5. The van der Waals surface area contributed by atoms with Gasteiger partial charge in [-0.15, -0.1) is 0 Å². The molecule has 2 aromatic rings. The molecule has 5 nitrogen and oxygen atoms in total. The van der Waals surface area contributed by atoms with Gasteiger partial charge in [0, 0.05) is 5.02 Å². The molecule has 2 aromatic carbocycles. The van der Waals surface area contributed by atoms with Crippen LogP contribution >= 0.6 is 11.6 Å². The molecular formula is C24H27ClO5. The normalized spacial score (nSPS) is 26.6. The topological polar surface area (TPSA) is 79.2 Å². The Kier molecular flexibility index (Phi) is 6.34. The standard InChI is InChI=1S/C24H27ClO5/c1-29-18-9-6-14(7-10-18)12-17-13-16(8-11-19(17)25)24-22(28)20(26)21(27)23(30-24)15-4-2-3-5-15/h6-11,13,20-22,24,26-28H,2-5,12H2,1H3/t20-,21-,22+,24-/m0/s1. The Bertz CT molecular complexity index is 916. The van der Waals surface area contributed by atoms with E-state index in [0.717, 1.165) is 53.7 Å². The molecule has 2 fully saturated rings. The average Bonchev–Trinajstić information content (AvgIpc) is 3.29. The minimum atomic E-state index is -1.30. The predicted octanol–water partition coefficient (Wildman–Crippen LogP) is 3.92. The molecule has 0 spiro atoms. The summed E-state index contributed by atoms with van der Waals surface area (Å²) < 4.78 is 11.3. The molecule has 4 atom stereocenters. The number of halogens is 1. The van der Waals surface area contributed by atoms with Crippen LogP contribution in [0.3, 0.4) is 0 Å². The van der Waals surface area contributed by atoms with E-state index in [9.17, 15) is 15.3 Å². The molecule has 1 heterocycles. The first-order valence-corrected chi connectivity index (χ1v) is 10.7. The second kappa shape index (κ2) is 8.98. The smallest absolute Gasteiger partial charge is 0.152 e. The fraction of sp³-hybridized carbons (Fsp3) is 0.417. The van der Waals surface area contributed by atoms with Gasteiger partial charge in [-0.1, -0.05) is 35.9 Å². The molecule has 3 N–H and O–H groups in total. The van der Waals surface area contributed by atoms with Crippen molar-refractivity contribution in [2.75, 3.05) is 7.11 Å². The van der Waals surface area contributed by atoms with E-state index in [1.165, 1.54) is 0 Å². The fourth-order valence-electron chi connectivity index (χ4n) is 4.27. The summed E-state index contributed by atoms with van der Waals surface area (Å²) in [6, 6.07) is 13.3. The van der Waals surface area contributed by atoms with Crippen LogP contribution in [0.5, 0.6) is 5.75 Å². The molecule has 1 aliphatic carbocycles. The Balaban J connectivity index is 1.62. The van der Waals surface area contributed by atoms with E-state index < -0.39 is 24.4 Å². The SMILES string of the molecule is COc1ccc(Cc2cc([C@@H]3OC(=C4CCCC4)[C@@H](O)[C@H](O)[C@H]3O)ccc2Cl)cc1. The molecule has 0 radical (unpaired) electrons. The maximum absolute atomic E-state index is 10.6. The van der Waals surface area contributed by atoms with Crippen LogP contribution < -0.4 is 4.74 Å². The van der Waals surface area contributed by atoms with Crippen molar-refractivity contribution in [1.29, 1.82) is 0 Å². The molecule has 0 bridgehead atoms. The molecule has 0 amide bonds. The van der Waals surface area contributed by atoms with Gasteiger partial charge in [0.05, 0.1) is 7.11 Å². The molecule has 0 aromatic heterocycles. The highest BCUT2D eigenvalue weighted by Crippen LogP contribution is 2.40. The first kappa shape index (κ1) is 21.2. The van der Waals surface area contributed by atoms with E-state index in [-0.39, 0.29) is 0 Å². The summed E-state index contributed by atoms with van der Waals surface area (Å²) >= 11 is 6.44. The van der Waals surface area contributed by atoms with Gasteiger partial charge in [-0.2, -0.15) is 0 Å². The van der Waals surface area contributed by atoms with Crippen molar-refractivity contribution < 1.29 is 24.8 Å². The molecule has 6 heteroatoms. The lowest BCUT2D eigenvalue weighted by Crippen LogP contribution is -2.48. The number of hydrogen-bond donors (Lipinski definition) is 3. The largest absolute Gasteiger partial charge is 0.497 e. The molecule has 4 rings (SSSR count). The third-order valence-electron chi connectivity index (χ3n) is 6.01. The van der Waals surface area contributed by atoms with Gasteiger partial charge in [0.25, 0.3) is 0 Å². The Morgan fingerprint density at radius 1 is 1.00 bits per heavy atom. The van der Waals surface area contributed by atoms with Crippen molar-refractivity contribution in [3.8, 4) is 5.75 Å². The van der Waals surface area contributed by atoms with Gasteiger partial charge >= 0.3 is 0 Å². The van der Waals surface area contributed by atoms with Crippen molar-refractivity contribution in [3.63, 3.8) is 0 Å². The zero-order valence-corrected chi connectivity index (χ0v) is 17.7. The summed E-state index contributed by atoms with van der Waals surface area (Å²) in [5, 5.41) is 32.2. The van der Waals surface area contributed by atoms with Gasteiger partial charge in [0.2, 0.25) is 0 Å². The molecule has 0 unspecified atom stereocenters. The van der Waals surface area contributed by atoms with Crippen LogP contribution in [-0.4, -0.2) is 40.7 Å². The lowest BCUT2D eigenvalue weighted by atomic mass is 9.90. The number of hydrogen-bond acceptors (Lipinski definition) is 5. The Morgan fingerprint density at radius 3 is 2.37 bits per heavy atom. The summed E-state index contributed by atoms with van der Waals surface area (Å²) in [4.78, 5) is 0. The van der Waals surface area contributed by atoms with E-state index in [0.29, 0.717) is 17.2 Å². The second-order valence-electron chi connectivity index (χ2n) is 8.02. The zero-order chi connectivity index (χ0) is 21.3. The Hall–Kier alpha value is -2.05. The lowest BCUT2D eigenvalue weighted by Gasteiger charge is -2.38. The second-order valence-corrected chi connectivity index (χ2v) is 8.42. The number of ether oxygens (including phenoxy) is 2. The fourth-order valence-corrected chi connectivity index (χ4v) is 4.46.